The summed E-state index contributed by atoms with van der Waals surface area (Å²) in [7, 11) is 0. The van der Waals surface area contributed by atoms with E-state index in [1.54, 1.807) is 0 Å². The molecule has 0 radical (unpaired) electrons. The summed E-state index contributed by atoms with van der Waals surface area (Å²) < 4.78 is 8.12. The molecule has 34 heavy (non-hydrogen) atoms. The maximum Gasteiger partial charge on any atom is 0.227 e. The SMILES string of the molecule is O=C(Cc1c[nH]c2ccccc12)N1CCN(Cc2nnn3c2CO[C@H](c2ccccc2)C3)CC1. The zero-order chi connectivity index (χ0) is 22.9. The molecule has 2 aromatic carbocycles. The predicted molar refractivity (Wildman–Crippen MR) is 128 cm³/mol. The Morgan fingerprint density at radius 2 is 1.82 bits per heavy atom. The first-order valence-electron chi connectivity index (χ1n) is 11.9. The van der Waals surface area contributed by atoms with E-state index in [0.717, 1.165) is 60.6 Å². The Hall–Kier alpha value is -3.49. The smallest absolute Gasteiger partial charge is 0.227 e. The normalized spacial score (nSPS) is 18.8. The molecule has 0 unspecified atom stereocenters. The number of piperazine rings is 1. The summed E-state index contributed by atoms with van der Waals surface area (Å²) in [5.74, 6) is 0.186. The third-order valence-electron chi connectivity index (χ3n) is 6.96. The van der Waals surface area contributed by atoms with E-state index in [0.29, 0.717) is 19.6 Å². The van der Waals surface area contributed by atoms with E-state index < -0.39 is 0 Å². The Labute approximate surface area is 198 Å². The first kappa shape index (κ1) is 21.1. The second-order valence-electron chi connectivity index (χ2n) is 9.07. The molecule has 0 aliphatic carbocycles. The minimum Gasteiger partial charge on any atom is -0.365 e. The number of hydrogen-bond donors (Lipinski definition) is 1. The molecule has 0 bridgehead atoms. The highest BCUT2D eigenvalue weighted by Gasteiger charge is 2.27. The van der Waals surface area contributed by atoms with Gasteiger partial charge in [-0.1, -0.05) is 53.7 Å². The van der Waals surface area contributed by atoms with Crippen molar-refractivity contribution in [1.82, 2.24) is 29.8 Å². The molecule has 8 nitrogen and oxygen atoms in total. The fourth-order valence-electron chi connectivity index (χ4n) is 4.97. The molecule has 1 saturated heterocycles. The Morgan fingerprint density at radius 1 is 1.03 bits per heavy atom. The number of carbonyl (C=O) groups is 1. The number of nitrogens with one attached hydrogen (secondary N) is 1. The van der Waals surface area contributed by atoms with E-state index in [-0.39, 0.29) is 12.0 Å². The van der Waals surface area contributed by atoms with Crippen LogP contribution in [0.5, 0.6) is 0 Å². The van der Waals surface area contributed by atoms with Gasteiger partial charge in [0.25, 0.3) is 0 Å². The second-order valence-corrected chi connectivity index (χ2v) is 9.07. The van der Waals surface area contributed by atoms with Gasteiger partial charge in [0.15, 0.2) is 0 Å². The number of carbonyl (C=O) groups excluding carboxylic acids is 1. The maximum absolute atomic E-state index is 12.9. The molecular weight excluding hydrogens is 428 g/mol. The van der Waals surface area contributed by atoms with Gasteiger partial charge < -0.3 is 14.6 Å². The van der Waals surface area contributed by atoms with Gasteiger partial charge in [0.05, 0.1) is 25.3 Å². The van der Waals surface area contributed by atoms with E-state index in [1.165, 1.54) is 5.56 Å². The van der Waals surface area contributed by atoms with Crippen molar-refractivity contribution in [2.75, 3.05) is 26.2 Å². The van der Waals surface area contributed by atoms with Crippen molar-refractivity contribution in [3.05, 3.63) is 83.3 Å². The summed E-state index contributed by atoms with van der Waals surface area (Å²) in [5, 5.41) is 9.99. The summed E-state index contributed by atoms with van der Waals surface area (Å²) in [4.78, 5) is 20.5. The number of ether oxygens (including phenoxy) is 1. The molecule has 0 saturated carbocycles. The molecule has 1 fully saturated rings. The van der Waals surface area contributed by atoms with Crippen LogP contribution in [-0.4, -0.2) is 61.9 Å². The predicted octanol–water partition coefficient (Wildman–Crippen LogP) is 2.92. The summed E-state index contributed by atoms with van der Waals surface area (Å²) >= 11 is 0. The van der Waals surface area contributed by atoms with Crippen molar-refractivity contribution < 1.29 is 9.53 Å². The molecule has 4 aromatic rings. The summed E-state index contributed by atoms with van der Waals surface area (Å²) in [6.07, 6.45) is 2.40. The average Bonchev–Trinajstić information content (AvgIpc) is 3.49. The first-order chi connectivity index (χ1) is 16.7. The highest BCUT2D eigenvalue weighted by atomic mass is 16.5. The van der Waals surface area contributed by atoms with Crippen LogP contribution in [0.3, 0.4) is 0 Å². The number of aromatic nitrogens is 4. The highest BCUT2D eigenvalue weighted by molar-refractivity contribution is 5.88. The fraction of sp³-hybridized carbons (Fsp3) is 0.346. The van der Waals surface area contributed by atoms with Crippen molar-refractivity contribution >= 4 is 16.8 Å². The van der Waals surface area contributed by atoms with Gasteiger partial charge in [0.2, 0.25) is 5.91 Å². The van der Waals surface area contributed by atoms with Crippen molar-refractivity contribution in [2.24, 2.45) is 0 Å². The van der Waals surface area contributed by atoms with Gasteiger partial charge in [-0.25, -0.2) is 4.68 Å². The fourth-order valence-corrected chi connectivity index (χ4v) is 4.97. The van der Waals surface area contributed by atoms with Crippen molar-refractivity contribution in [1.29, 1.82) is 0 Å². The molecule has 6 rings (SSSR count). The minimum absolute atomic E-state index is 0.00922. The van der Waals surface area contributed by atoms with E-state index in [1.807, 2.05) is 52.2 Å². The lowest BCUT2D eigenvalue weighted by molar-refractivity contribution is -0.132. The lowest BCUT2D eigenvalue weighted by Gasteiger charge is -2.34. The number of amides is 1. The van der Waals surface area contributed by atoms with E-state index in [4.69, 9.17) is 4.74 Å². The van der Waals surface area contributed by atoms with E-state index in [2.05, 4.69) is 38.4 Å². The average molecular weight is 457 g/mol. The molecule has 8 heteroatoms. The van der Waals surface area contributed by atoms with E-state index in [9.17, 15) is 4.79 Å². The molecule has 1 amide bonds. The van der Waals surface area contributed by atoms with Gasteiger partial charge in [-0.3, -0.25) is 9.69 Å². The van der Waals surface area contributed by atoms with Crippen LogP contribution in [-0.2, 0) is 35.6 Å². The molecule has 174 valence electrons. The number of fused-ring (bicyclic) bond motifs is 2. The van der Waals surface area contributed by atoms with Crippen LogP contribution in [0, 0.1) is 0 Å². The molecule has 2 aliphatic rings. The summed E-state index contributed by atoms with van der Waals surface area (Å²) in [6.45, 7) is 5.07. The zero-order valence-electron chi connectivity index (χ0n) is 19.1. The molecule has 1 atom stereocenters. The first-order valence-corrected chi connectivity index (χ1v) is 11.9. The number of nitrogens with zero attached hydrogens (tertiary/aromatic N) is 5. The third-order valence-corrected chi connectivity index (χ3v) is 6.96. The minimum atomic E-state index is 0.00922. The maximum atomic E-state index is 12.9. The zero-order valence-corrected chi connectivity index (χ0v) is 19.1. The van der Waals surface area contributed by atoms with Crippen molar-refractivity contribution in [2.45, 2.75) is 32.2 Å². The summed E-state index contributed by atoms with van der Waals surface area (Å²) in [5.41, 5.74) is 5.34. The topological polar surface area (TPSA) is 79.3 Å². The Balaban J connectivity index is 1.04. The van der Waals surface area contributed by atoms with Crippen LogP contribution < -0.4 is 0 Å². The number of H-pyrrole nitrogens is 1. The number of para-hydroxylation sites is 1. The van der Waals surface area contributed by atoms with Crippen LogP contribution in [0.1, 0.15) is 28.6 Å². The van der Waals surface area contributed by atoms with Crippen LogP contribution >= 0.6 is 0 Å². The molecule has 2 aromatic heterocycles. The quantitative estimate of drug-likeness (QED) is 0.500. The molecule has 2 aliphatic heterocycles. The van der Waals surface area contributed by atoms with Gasteiger partial charge in [-0.15, -0.1) is 5.10 Å². The largest absolute Gasteiger partial charge is 0.365 e. The van der Waals surface area contributed by atoms with Gasteiger partial charge in [0.1, 0.15) is 11.8 Å². The van der Waals surface area contributed by atoms with Crippen LogP contribution in [0.25, 0.3) is 10.9 Å². The highest BCUT2D eigenvalue weighted by Crippen LogP contribution is 2.27. The Kier molecular flexibility index (Phi) is 5.60. The number of rotatable bonds is 5. The standard InChI is InChI=1S/C26H28N6O2/c33-26(14-20-15-27-22-9-5-4-8-21(20)22)31-12-10-30(11-13-31)16-23-24-18-34-25(17-32(24)29-28-23)19-6-2-1-3-7-19/h1-9,15,25,27H,10-14,16-18H2/t25-/m0/s1. The number of benzene rings is 2. The number of aromatic amines is 1. The van der Waals surface area contributed by atoms with Crippen LogP contribution in [0.4, 0.5) is 0 Å². The second kappa shape index (κ2) is 9.04. The van der Waals surface area contributed by atoms with Gasteiger partial charge in [0, 0.05) is 49.8 Å². The number of hydrogen-bond acceptors (Lipinski definition) is 5. The van der Waals surface area contributed by atoms with Crippen molar-refractivity contribution in [3.8, 4) is 0 Å². The van der Waals surface area contributed by atoms with Crippen molar-refractivity contribution in [3.63, 3.8) is 0 Å². The van der Waals surface area contributed by atoms with E-state index >= 15 is 0 Å². The molecular formula is C26H28N6O2. The van der Waals surface area contributed by atoms with Gasteiger partial charge in [-0.05, 0) is 17.2 Å². The lowest BCUT2D eigenvalue weighted by atomic mass is 10.1. The van der Waals surface area contributed by atoms with Crippen LogP contribution in [0.2, 0.25) is 0 Å². The lowest BCUT2D eigenvalue weighted by Crippen LogP contribution is -2.48. The monoisotopic (exact) mass is 456 g/mol. The molecule has 1 N–H and O–H groups in total. The molecule has 4 heterocycles. The summed E-state index contributed by atoms with van der Waals surface area (Å²) in [6, 6.07) is 18.4. The van der Waals surface area contributed by atoms with Crippen LogP contribution in [0.15, 0.2) is 60.8 Å². The third kappa shape index (κ3) is 4.10. The Morgan fingerprint density at radius 3 is 2.68 bits per heavy atom. The van der Waals surface area contributed by atoms with Gasteiger partial charge in [-0.2, -0.15) is 0 Å². The molecule has 0 spiro atoms. The van der Waals surface area contributed by atoms with Gasteiger partial charge >= 0.3 is 0 Å². The Bertz CT molecular complexity index is 1290.